The Labute approximate surface area is 134 Å². The van der Waals surface area contributed by atoms with E-state index in [0.717, 1.165) is 28.0 Å². The van der Waals surface area contributed by atoms with Gasteiger partial charge in [0.1, 0.15) is 16.0 Å². The maximum atomic E-state index is 6.57. The fourth-order valence-corrected chi connectivity index (χ4v) is 3.13. The molecule has 0 heterocycles. The van der Waals surface area contributed by atoms with E-state index in [0.29, 0.717) is 0 Å². The maximum Gasteiger partial charge on any atom is 0.141 e. The first-order chi connectivity index (χ1) is 9.99. The zero-order valence-electron chi connectivity index (χ0n) is 12.5. The highest BCUT2D eigenvalue weighted by molar-refractivity contribution is 9.10. The Morgan fingerprint density at radius 1 is 1.05 bits per heavy atom. The predicted octanol–water partition coefficient (Wildman–Crippen LogP) is 3.88. The Morgan fingerprint density at radius 3 is 2.29 bits per heavy atom. The molecule has 0 amide bonds. The van der Waals surface area contributed by atoms with Crippen molar-refractivity contribution < 1.29 is 9.47 Å². The predicted molar refractivity (Wildman–Crippen MR) is 88.9 cm³/mol. The van der Waals surface area contributed by atoms with Gasteiger partial charge in [0.2, 0.25) is 0 Å². The summed E-state index contributed by atoms with van der Waals surface area (Å²) in [5.74, 6) is 1.45. The number of halogens is 1. The van der Waals surface area contributed by atoms with Gasteiger partial charge in [-0.15, -0.1) is 0 Å². The summed E-state index contributed by atoms with van der Waals surface area (Å²) in [5.41, 5.74) is 8.16. The van der Waals surface area contributed by atoms with Gasteiger partial charge in [0.15, 0.2) is 0 Å². The van der Waals surface area contributed by atoms with E-state index >= 15 is 0 Å². The highest BCUT2D eigenvalue weighted by atomic mass is 79.9. The fourth-order valence-electron chi connectivity index (χ4n) is 2.46. The maximum absolute atomic E-state index is 6.57. The summed E-state index contributed by atoms with van der Waals surface area (Å²) in [6.45, 7) is 2.01. The first-order valence-corrected chi connectivity index (χ1v) is 7.52. The lowest BCUT2D eigenvalue weighted by Crippen LogP contribution is -2.36. The normalized spacial score (nSPS) is 13.6. The molecule has 0 saturated carbocycles. The highest BCUT2D eigenvalue weighted by Gasteiger charge is 2.27. The van der Waals surface area contributed by atoms with Gasteiger partial charge in [0, 0.05) is 11.1 Å². The zero-order valence-corrected chi connectivity index (χ0v) is 14.1. The molecule has 0 aromatic heterocycles. The van der Waals surface area contributed by atoms with Crippen LogP contribution < -0.4 is 15.2 Å². The van der Waals surface area contributed by atoms with Crippen molar-refractivity contribution in [3.05, 3.63) is 58.1 Å². The van der Waals surface area contributed by atoms with Gasteiger partial charge in [-0.25, -0.2) is 0 Å². The van der Waals surface area contributed by atoms with E-state index in [1.807, 2.05) is 37.3 Å². The van der Waals surface area contributed by atoms with Crippen molar-refractivity contribution >= 4 is 15.9 Å². The topological polar surface area (TPSA) is 44.5 Å². The van der Waals surface area contributed by atoms with Crippen molar-refractivity contribution in [2.75, 3.05) is 14.2 Å². The summed E-state index contributed by atoms with van der Waals surface area (Å²) in [6, 6.07) is 14.1. The van der Waals surface area contributed by atoms with Crippen LogP contribution in [0.1, 0.15) is 18.1 Å². The summed E-state index contributed by atoms with van der Waals surface area (Å²) in [6.07, 6.45) is 0.725. The lowest BCUT2D eigenvalue weighted by Gasteiger charge is -2.28. The quantitative estimate of drug-likeness (QED) is 0.890. The molecule has 0 aliphatic rings. The minimum absolute atomic E-state index is 0.540. The van der Waals surface area contributed by atoms with Crippen molar-refractivity contribution in [2.24, 2.45) is 5.73 Å². The Morgan fingerprint density at radius 2 is 1.71 bits per heavy atom. The van der Waals surface area contributed by atoms with Gasteiger partial charge in [-0.2, -0.15) is 0 Å². The third-order valence-electron chi connectivity index (χ3n) is 3.52. The SMILES string of the molecule is COc1ccc(C(C)(N)Cc2ccccc2)c(OC)c1Br. The number of ether oxygens (including phenoxy) is 2. The number of hydrogen-bond acceptors (Lipinski definition) is 3. The molecule has 0 saturated heterocycles. The van der Waals surface area contributed by atoms with Crippen LogP contribution in [0.5, 0.6) is 11.5 Å². The van der Waals surface area contributed by atoms with Crippen LogP contribution in [-0.4, -0.2) is 14.2 Å². The summed E-state index contributed by atoms with van der Waals surface area (Å²) in [4.78, 5) is 0. The van der Waals surface area contributed by atoms with E-state index in [4.69, 9.17) is 15.2 Å². The second kappa shape index (κ2) is 6.50. The van der Waals surface area contributed by atoms with E-state index in [9.17, 15) is 0 Å². The van der Waals surface area contributed by atoms with Gasteiger partial charge in [-0.1, -0.05) is 30.3 Å². The van der Waals surface area contributed by atoms with Crippen LogP contribution in [0.15, 0.2) is 46.9 Å². The second-order valence-corrected chi connectivity index (χ2v) is 6.04. The smallest absolute Gasteiger partial charge is 0.141 e. The molecule has 0 spiro atoms. The molecule has 0 fully saturated rings. The van der Waals surface area contributed by atoms with Crippen LogP contribution >= 0.6 is 15.9 Å². The van der Waals surface area contributed by atoms with Crippen LogP contribution in [-0.2, 0) is 12.0 Å². The van der Waals surface area contributed by atoms with Crippen LogP contribution in [0.2, 0.25) is 0 Å². The molecule has 4 heteroatoms. The fraction of sp³-hybridized carbons (Fsp3) is 0.294. The monoisotopic (exact) mass is 349 g/mol. The van der Waals surface area contributed by atoms with E-state index in [-0.39, 0.29) is 0 Å². The third-order valence-corrected chi connectivity index (χ3v) is 4.27. The molecule has 21 heavy (non-hydrogen) atoms. The van der Waals surface area contributed by atoms with Crippen molar-refractivity contribution in [2.45, 2.75) is 18.9 Å². The molecular weight excluding hydrogens is 330 g/mol. The highest BCUT2D eigenvalue weighted by Crippen LogP contribution is 2.41. The zero-order chi connectivity index (χ0) is 15.5. The van der Waals surface area contributed by atoms with Crippen LogP contribution in [0, 0.1) is 0 Å². The minimum atomic E-state index is -0.540. The summed E-state index contributed by atoms with van der Waals surface area (Å²) in [7, 11) is 3.27. The number of hydrogen-bond donors (Lipinski definition) is 1. The summed E-state index contributed by atoms with van der Waals surface area (Å²) in [5, 5.41) is 0. The lowest BCUT2D eigenvalue weighted by molar-refractivity contribution is 0.370. The first-order valence-electron chi connectivity index (χ1n) is 6.73. The molecule has 0 aliphatic heterocycles. The third kappa shape index (κ3) is 3.39. The Hall–Kier alpha value is -1.52. The molecule has 1 unspecified atom stereocenters. The van der Waals surface area contributed by atoms with Crippen LogP contribution in [0.25, 0.3) is 0 Å². The van der Waals surface area contributed by atoms with Crippen molar-refractivity contribution in [1.82, 2.24) is 0 Å². The molecule has 1 atom stereocenters. The molecule has 0 bridgehead atoms. The van der Waals surface area contributed by atoms with Gasteiger partial charge in [0.25, 0.3) is 0 Å². The lowest BCUT2D eigenvalue weighted by atomic mass is 9.86. The van der Waals surface area contributed by atoms with Gasteiger partial charge in [0.05, 0.1) is 14.2 Å². The molecule has 0 aliphatic carbocycles. The molecule has 3 nitrogen and oxygen atoms in total. The van der Waals surface area contributed by atoms with Gasteiger partial charge in [-0.3, -0.25) is 0 Å². The van der Waals surface area contributed by atoms with Crippen molar-refractivity contribution in [3.8, 4) is 11.5 Å². The van der Waals surface area contributed by atoms with E-state index in [1.165, 1.54) is 5.56 Å². The largest absolute Gasteiger partial charge is 0.495 e. The van der Waals surface area contributed by atoms with Crippen molar-refractivity contribution in [1.29, 1.82) is 0 Å². The van der Waals surface area contributed by atoms with Gasteiger partial charge < -0.3 is 15.2 Å². The Bertz CT molecular complexity index is 612. The molecule has 0 radical (unpaired) electrons. The summed E-state index contributed by atoms with van der Waals surface area (Å²) < 4.78 is 11.6. The Kier molecular flexibility index (Phi) is 4.91. The second-order valence-electron chi connectivity index (χ2n) is 5.24. The van der Waals surface area contributed by atoms with Gasteiger partial charge >= 0.3 is 0 Å². The number of benzene rings is 2. The molecule has 2 aromatic carbocycles. The summed E-state index contributed by atoms with van der Waals surface area (Å²) >= 11 is 3.52. The number of methoxy groups -OCH3 is 2. The number of rotatable bonds is 5. The Balaban J connectivity index is 2.42. The molecule has 2 aromatic rings. The van der Waals surface area contributed by atoms with Crippen molar-refractivity contribution in [3.63, 3.8) is 0 Å². The van der Waals surface area contributed by atoms with Gasteiger partial charge in [-0.05, 0) is 47.0 Å². The van der Waals surface area contributed by atoms with Crippen LogP contribution in [0.4, 0.5) is 0 Å². The molecule has 2 rings (SSSR count). The number of nitrogens with two attached hydrogens (primary N) is 1. The first kappa shape index (κ1) is 15.9. The molecular formula is C17H20BrNO2. The van der Waals surface area contributed by atoms with E-state index in [1.54, 1.807) is 14.2 Å². The minimum Gasteiger partial charge on any atom is -0.495 e. The molecule has 2 N–H and O–H groups in total. The van der Waals surface area contributed by atoms with Crippen LogP contribution in [0.3, 0.4) is 0 Å². The molecule has 112 valence electrons. The standard InChI is InChI=1S/C17H20BrNO2/c1-17(19,11-12-7-5-4-6-8-12)13-9-10-14(20-2)15(18)16(13)21-3/h4-10H,11,19H2,1-3H3. The van der Waals surface area contributed by atoms with E-state index < -0.39 is 5.54 Å². The average Bonchev–Trinajstić information content (AvgIpc) is 2.47. The van der Waals surface area contributed by atoms with E-state index in [2.05, 4.69) is 28.1 Å². The average molecular weight is 350 g/mol.